The van der Waals surface area contributed by atoms with E-state index in [2.05, 4.69) is 14.9 Å². The SMILES string of the molecule is CC(=O)c1c(C)c2cnc(Cc3ccc(N4CCN(C(=O)CCOCCOCCOCCC(=O)C[C@H](C(=O)N5C[C@H](O)C[C@H]5C(=O)CCc5ccc(-c6scnc6C)cc5)C(C)(C)C)CC4)cn3)nc2n(C2CCCC2)c1=O. The molecule has 78 heavy (non-hydrogen) atoms. The number of ketones is 3. The molecule has 18 nitrogen and oxygen atoms in total. The van der Waals surface area contributed by atoms with E-state index in [1.165, 1.54) is 11.8 Å². The Bertz CT molecular complexity index is 2960. The molecule has 2 aliphatic heterocycles. The van der Waals surface area contributed by atoms with Crippen LogP contribution in [0.4, 0.5) is 5.69 Å². The van der Waals surface area contributed by atoms with E-state index in [1.54, 1.807) is 29.0 Å². The number of rotatable bonds is 25. The number of hydrogen-bond donors (Lipinski definition) is 1. The van der Waals surface area contributed by atoms with Crippen molar-refractivity contribution in [2.45, 2.75) is 130 Å². The van der Waals surface area contributed by atoms with Crippen molar-refractivity contribution in [2.24, 2.45) is 11.3 Å². The average Bonchev–Trinajstić information content (AvgIpc) is 4.25. The van der Waals surface area contributed by atoms with Crippen LogP contribution < -0.4 is 10.5 Å². The number of carbonyl (C=O) groups is 5. The molecule has 3 atom stereocenters. The number of β-amino-alcohol motifs (C(OH)–C–C–N with tert-alkyl or cyclic N) is 1. The quantitative estimate of drug-likeness (QED) is 0.0456. The highest BCUT2D eigenvalue weighted by Gasteiger charge is 2.44. The summed E-state index contributed by atoms with van der Waals surface area (Å²) in [6.07, 6.45) is 8.32. The maximum Gasteiger partial charge on any atom is 0.263 e. The predicted molar refractivity (Wildman–Crippen MR) is 298 cm³/mol. The number of Topliss-reactive ketones (excluding diaryl/α,β-unsaturated/α-hetero) is 3. The molecule has 2 saturated heterocycles. The first-order valence-corrected chi connectivity index (χ1v) is 28.5. The number of likely N-dealkylation sites (tertiary alicyclic amines) is 1. The number of carbonyl (C=O) groups excluding carboxylic acids is 5. The standard InChI is InChI=1S/C59H76N8O10S/c1-38-48-35-61-52(63-56(48)67(44-9-7-8-10-44)58(74)54(38)40(3)68)31-43-16-17-45(34-60-43)64-21-23-65(24-22-64)53(72)20-26-76-28-30-77-29-27-75-25-19-46(69)32-49(59(4,5)6)57(73)66-36-47(70)33-50(66)51(71)18-13-41-11-14-42(15-12-41)55-39(2)62-37-78-55/h11-12,14-17,34-35,37,44,47,49-50,70H,7-10,13,18-33,36H2,1-6H3/t47-,49-,50+/m1/s1. The van der Waals surface area contributed by atoms with Gasteiger partial charge in [0.25, 0.3) is 5.56 Å². The van der Waals surface area contributed by atoms with Crippen molar-refractivity contribution in [3.8, 4) is 10.4 Å². The van der Waals surface area contributed by atoms with Gasteiger partial charge in [0.2, 0.25) is 11.8 Å². The zero-order valence-electron chi connectivity index (χ0n) is 46.2. The second-order valence-electron chi connectivity index (χ2n) is 22.1. The number of hydrogen-bond acceptors (Lipinski definition) is 16. The summed E-state index contributed by atoms with van der Waals surface area (Å²) in [5.74, 6) is -0.811. The fraction of sp³-hybridized carbons (Fsp3) is 0.559. The van der Waals surface area contributed by atoms with E-state index in [1.807, 2.05) is 80.7 Å². The van der Waals surface area contributed by atoms with Gasteiger partial charge >= 0.3 is 0 Å². The van der Waals surface area contributed by atoms with Crippen molar-refractivity contribution in [2.75, 3.05) is 77.3 Å². The van der Waals surface area contributed by atoms with Crippen LogP contribution in [0.5, 0.6) is 0 Å². The minimum absolute atomic E-state index is 0.0102. The first-order valence-electron chi connectivity index (χ1n) is 27.6. The second kappa shape index (κ2) is 26.7. The first kappa shape index (κ1) is 58.0. The van der Waals surface area contributed by atoms with Crippen molar-refractivity contribution in [1.82, 2.24) is 34.3 Å². The van der Waals surface area contributed by atoms with Gasteiger partial charge in [0, 0.05) is 87.6 Å². The topological polar surface area (TPSA) is 217 Å². The monoisotopic (exact) mass is 1090 g/mol. The fourth-order valence-electron chi connectivity index (χ4n) is 11.0. The van der Waals surface area contributed by atoms with Crippen LogP contribution in [0.15, 0.2) is 59.1 Å². The van der Waals surface area contributed by atoms with Gasteiger partial charge in [-0.25, -0.2) is 15.0 Å². The molecule has 1 aromatic carbocycles. The number of aliphatic hydroxyl groups excluding tert-OH is 1. The third-order valence-corrected chi connectivity index (χ3v) is 16.5. The molecule has 1 saturated carbocycles. The molecule has 418 valence electrons. The zero-order chi connectivity index (χ0) is 55.5. The maximum absolute atomic E-state index is 14.1. The van der Waals surface area contributed by atoms with Crippen molar-refractivity contribution in [3.05, 3.63) is 98.6 Å². The molecule has 0 bridgehead atoms. The van der Waals surface area contributed by atoms with Gasteiger partial charge < -0.3 is 34.0 Å². The Balaban J connectivity index is 0.679. The number of aryl methyl sites for hydroxylation is 3. The summed E-state index contributed by atoms with van der Waals surface area (Å²) in [6, 6.07) is 11.4. The average molecular weight is 1090 g/mol. The summed E-state index contributed by atoms with van der Waals surface area (Å²) in [5.41, 5.74) is 7.24. The molecular formula is C59H76N8O10S. The highest BCUT2D eigenvalue weighted by molar-refractivity contribution is 7.13. The number of pyridine rings is 2. The van der Waals surface area contributed by atoms with Crippen molar-refractivity contribution in [1.29, 1.82) is 0 Å². The Kier molecular flexibility index (Phi) is 19.9. The third kappa shape index (κ3) is 14.6. The number of ether oxygens (including phenoxy) is 3. The van der Waals surface area contributed by atoms with Gasteiger partial charge in [-0.05, 0) is 74.3 Å². The lowest BCUT2D eigenvalue weighted by molar-refractivity contribution is -0.146. The minimum atomic E-state index is -0.807. The number of anilines is 1. The Morgan fingerprint density at radius 1 is 0.821 bits per heavy atom. The number of fused-ring (bicyclic) bond motifs is 1. The first-order chi connectivity index (χ1) is 37.5. The van der Waals surface area contributed by atoms with E-state index >= 15 is 0 Å². The number of aromatic nitrogens is 5. The summed E-state index contributed by atoms with van der Waals surface area (Å²) in [6.45, 7) is 15.2. The Morgan fingerprint density at radius 2 is 1.50 bits per heavy atom. The summed E-state index contributed by atoms with van der Waals surface area (Å²) < 4.78 is 18.7. The van der Waals surface area contributed by atoms with Crippen LogP contribution in [0, 0.1) is 25.2 Å². The number of thiazole rings is 1. The summed E-state index contributed by atoms with van der Waals surface area (Å²) >= 11 is 1.59. The van der Waals surface area contributed by atoms with Crippen LogP contribution in [-0.4, -0.2) is 153 Å². The van der Waals surface area contributed by atoms with Gasteiger partial charge in [0.05, 0.1) is 98.2 Å². The summed E-state index contributed by atoms with van der Waals surface area (Å²) in [4.78, 5) is 105. The third-order valence-electron chi connectivity index (χ3n) is 15.5. The molecule has 1 aliphatic carbocycles. The van der Waals surface area contributed by atoms with E-state index in [4.69, 9.17) is 24.2 Å². The molecule has 6 heterocycles. The number of amides is 2. The van der Waals surface area contributed by atoms with Crippen molar-refractivity contribution >= 4 is 57.2 Å². The number of nitrogens with zero attached hydrogens (tertiary/aromatic N) is 8. The molecule has 0 radical (unpaired) electrons. The van der Waals surface area contributed by atoms with Crippen molar-refractivity contribution in [3.63, 3.8) is 0 Å². The largest absolute Gasteiger partial charge is 0.391 e. The molecule has 1 N–H and O–H groups in total. The molecule has 8 rings (SSSR count). The lowest BCUT2D eigenvalue weighted by Crippen LogP contribution is -2.49. The van der Waals surface area contributed by atoms with E-state index in [-0.39, 0.29) is 105 Å². The van der Waals surface area contributed by atoms with Crippen LogP contribution in [0.25, 0.3) is 21.5 Å². The number of piperazine rings is 1. The van der Waals surface area contributed by atoms with Gasteiger partial charge in [0.1, 0.15) is 17.3 Å². The van der Waals surface area contributed by atoms with Crippen LogP contribution in [-0.2, 0) is 46.2 Å². The van der Waals surface area contributed by atoms with E-state index in [9.17, 15) is 33.9 Å². The van der Waals surface area contributed by atoms with Crippen LogP contribution in [0.3, 0.4) is 0 Å². The summed E-state index contributed by atoms with van der Waals surface area (Å²) in [5, 5.41) is 11.3. The zero-order valence-corrected chi connectivity index (χ0v) is 47.0. The number of benzene rings is 1. The smallest absolute Gasteiger partial charge is 0.263 e. The summed E-state index contributed by atoms with van der Waals surface area (Å²) in [7, 11) is 0. The Hall–Kier alpha value is -6.12. The van der Waals surface area contributed by atoms with Gasteiger partial charge in [-0.15, -0.1) is 11.3 Å². The van der Waals surface area contributed by atoms with Crippen LogP contribution >= 0.6 is 11.3 Å². The van der Waals surface area contributed by atoms with Gasteiger partial charge in [0.15, 0.2) is 11.6 Å². The van der Waals surface area contributed by atoms with Gasteiger partial charge in [-0.3, -0.25) is 38.3 Å². The molecule has 5 aromatic rings. The molecular weight excluding hydrogens is 1010 g/mol. The molecule has 2 amide bonds. The molecule has 19 heteroatoms. The predicted octanol–water partition coefficient (Wildman–Crippen LogP) is 7.10. The normalized spacial score (nSPS) is 17.6. The molecule has 0 unspecified atom stereocenters. The molecule has 0 spiro atoms. The van der Waals surface area contributed by atoms with E-state index < -0.39 is 23.5 Å². The molecule has 3 aliphatic rings. The Labute approximate surface area is 460 Å². The molecule has 3 fully saturated rings. The van der Waals surface area contributed by atoms with Crippen LogP contribution in [0.1, 0.15) is 130 Å². The maximum atomic E-state index is 14.1. The second-order valence-corrected chi connectivity index (χ2v) is 22.9. The lowest BCUT2D eigenvalue weighted by atomic mass is 9.76. The minimum Gasteiger partial charge on any atom is -0.391 e. The van der Waals surface area contributed by atoms with Crippen LogP contribution in [0.2, 0.25) is 0 Å². The van der Waals surface area contributed by atoms with Gasteiger partial charge in [-0.2, -0.15) is 0 Å². The number of aliphatic hydroxyl groups is 1. The van der Waals surface area contributed by atoms with Gasteiger partial charge in [-0.1, -0.05) is 57.9 Å². The van der Waals surface area contributed by atoms with E-state index in [0.717, 1.165) is 64.1 Å². The van der Waals surface area contributed by atoms with Crippen molar-refractivity contribution < 1.29 is 43.3 Å². The highest BCUT2D eigenvalue weighted by atomic mass is 32.1. The fourth-order valence-corrected chi connectivity index (χ4v) is 11.8. The molecule has 4 aromatic heterocycles. The Morgan fingerprint density at radius 3 is 2.13 bits per heavy atom. The van der Waals surface area contributed by atoms with E-state index in [0.29, 0.717) is 75.9 Å². The highest BCUT2D eigenvalue weighted by Crippen LogP contribution is 2.35. The lowest BCUT2D eigenvalue weighted by Gasteiger charge is -2.36.